The monoisotopic (exact) mass is 245 g/mol. The largest absolute Gasteiger partial charge is 0.355 e. The molecule has 0 saturated carbocycles. The highest BCUT2D eigenvalue weighted by molar-refractivity contribution is 5.69. The van der Waals surface area contributed by atoms with Crippen LogP contribution in [0, 0.1) is 12.8 Å². The van der Waals surface area contributed by atoms with Crippen molar-refractivity contribution >= 4 is 11.3 Å². The first-order valence-electron chi connectivity index (χ1n) is 6.54. The summed E-state index contributed by atoms with van der Waals surface area (Å²) in [5.41, 5.74) is 7.86. The smallest absolute Gasteiger partial charge is 0.154 e. The van der Waals surface area contributed by atoms with Gasteiger partial charge in [0.05, 0.1) is 5.69 Å². The summed E-state index contributed by atoms with van der Waals surface area (Å²) in [6.07, 6.45) is 6.04. The van der Waals surface area contributed by atoms with Gasteiger partial charge in [0.1, 0.15) is 5.52 Å². The second-order valence-corrected chi connectivity index (χ2v) is 5.03. The lowest BCUT2D eigenvalue weighted by molar-refractivity contribution is 0.413. The highest BCUT2D eigenvalue weighted by atomic mass is 15.3. The molecule has 2 N–H and O–H groups in total. The molecule has 0 atom stereocenters. The van der Waals surface area contributed by atoms with Crippen molar-refractivity contribution in [1.29, 1.82) is 0 Å². The zero-order valence-electron chi connectivity index (χ0n) is 10.7. The van der Waals surface area contributed by atoms with Gasteiger partial charge in [-0.05, 0) is 38.3 Å². The van der Waals surface area contributed by atoms with E-state index in [1.54, 1.807) is 0 Å². The lowest BCUT2D eigenvalue weighted by Crippen LogP contribution is -2.36. The Labute approximate surface area is 107 Å². The van der Waals surface area contributed by atoms with Crippen LogP contribution in [0.2, 0.25) is 0 Å². The molecule has 1 aliphatic rings. The molecule has 1 aliphatic heterocycles. The molecule has 1 fully saturated rings. The minimum Gasteiger partial charge on any atom is -0.355 e. The van der Waals surface area contributed by atoms with Crippen molar-refractivity contribution in [1.82, 2.24) is 14.6 Å². The molecule has 0 radical (unpaired) electrons. The standard InChI is InChI=1S/C13H19N5/c1-10-8-12-13(15-4-7-18(12)16-10)17-5-2-11(9-14)3-6-17/h4,7-8,11H,2-3,5-6,9,14H2,1H3. The predicted octanol–water partition coefficient (Wildman–Crippen LogP) is 1.21. The minimum atomic E-state index is 0.674. The first-order valence-corrected chi connectivity index (χ1v) is 6.54. The van der Waals surface area contributed by atoms with Crippen LogP contribution in [-0.2, 0) is 0 Å². The van der Waals surface area contributed by atoms with Gasteiger partial charge in [0.2, 0.25) is 0 Å². The fourth-order valence-corrected chi connectivity index (χ4v) is 2.65. The zero-order chi connectivity index (χ0) is 12.5. The SMILES string of the molecule is Cc1cc2c(N3CCC(CN)CC3)nccn2n1. The van der Waals surface area contributed by atoms with Gasteiger partial charge in [0.15, 0.2) is 5.82 Å². The van der Waals surface area contributed by atoms with Crippen molar-refractivity contribution in [2.75, 3.05) is 24.5 Å². The van der Waals surface area contributed by atoms with E-state index in [2.05, 4.69) is 21.0 Å². The normalized spacial score (nSPS) is 17.6. The lowest BCUT2D eigenvalue weighted by atomic mass is 9.97. The highest BCUT2D eigenvalue weighted by Gasteiger charge is 2.20. The summed E-state index contributed by atoms with van der Waals surface area (Å²) in [6, 6.07) is 2.09. The number of nitrogens with zero attached hydrogens (tertiary/aromatic N) is 4. The van der Waals surface area contributed by atoms with Crippen molar-refractivity contribution in [2.24, 2.45) is 11.7 Å². The molecule has 1 saturated heterocycles. The molecule has 5 heteroatoms. The molecule has 3 rings (SSSR count). The number of anilines is 1. The zero-order valence-corrected chi connectivity index (χ0v) is 10.7. The summed E-state index contributed by atoms with van der Waals surface area (Å²) in [5, 5.41) is 4.43. The molecule has 96 valence electrons. The number of aromatic nitrogens is 3. The molecule has 0 unspecified atom stereocenters. The van der Waals surface area contributed by atoms with Crippen LogP contribution < -0.4 is 10.6 Å². The third-order valence-electron chi connectivity index (χ3n) is 3.74. The number of hydrogen-bond donors (Lipinski definition) is 1. The molecule has 0 amide bonds. The van der Waals surface area contributed by atoms with Crippen molar-refractivity contribution in [2.45, 2.75) is 19.8 Å². The van der Waals surface area contributed by atoms with Crippen LogP contribution >= 0.6 is 0 Å². The molecule has 0 aliphatic carbocycles. The van der Waals surface area contributed by atoms with E-state index in [4.69, 9.17) is 5.73 Å². The van der Waals surface area contributed by atoms with Crippen molar-refractivity contribution in [3.05, 3.63) is 24.2 Å². The third kappa shape index (κ3) is 1.95. The number of aryl methyl sites for hydroxylation is 1. The summed E-state index contributed by atoms with van der Waals surface area (Å²) in [7, 11) is 0. The Bertz CT molecular complexity index is 539. The van der Waals surface area contributed by atoms with E-state index in [1.807, 2.05) is 23.8 Å². The Balaban J connectivity index is 1.90. The van der Waals surface area contributed by atoms with Crippen molar-refractivity contribution in [3.63, 3.8) is 0 Å². The molecular weight excluding hydrogens is 226 g/mol. The second kappa shape index (κ2) is 4.57. The van der Waals surface area contributed by atoms with Crippen LogP contribution in [0.3, 0.4) is 0 Å². The maximum absolute atomic E-state index is 5.73. The Kier molecular flexibility index (Phi) is 2.91. The van der Waals surface area contributed by atoms with Crippen LogP contribution in [0.15, 0.2) is 18.5 Å². The number of nitrogens with two attached hydrogens (primary N) is 1. The molecule has 2 aromatic heterocycles. The Morgan fingerprint density at radius 2 is 2.17 bits per heavy atom. The quantitative estimate of drug-likeness (QED) is 0.864. The lowest BCUT2D eigenvalue weighted by Gasteiger charge is -2.32. The number of fused-ring (bicyclic) bond motifs is 1. The maximum atomic E-state index is 5.73. The molecule has 0 bridgehead atoms. The van der Waals surface area contributed by atoms with Gasteiger partial charge >= 0.3 is 0 Å². The number of rotatable bonds is 2. The van der Waals surface area contributed by atoms with E-state index in [1.165, 1.54) is 0 Å². The fourth-order valence-electron chi connectivity index (χ4n) is 2.65. The molecule has 5 nitrogen and oxygen atoms in total. The van der Waals surface area contributed by atoms with Gasteiger partial charge in [-0.15, -0.1) is 0 Å². The van der Waals surface area contributed by atoms with Crippen molar-refractivity contribution < 1.29 is 0 Å². The summed E-state index contributed by atoms with van der Waals surface area (Å²) < 4.78 is 1.91. The molecule has 0 spiro atoms. The van der Waals surface area contributed by atoms with E-state index < -0.39 is 0 Å². The Hall–Kier alpha value is -1.62. The van der Waals surface area contributed by atoms with Gasteiger partial charge in [-0.3, -0.25) is 0 Å². The molecule has 18 heavy (non-hydrogen) atoms. The summed E-state index contributed by atoms with van der Waals surface area (Å²) in [4.78, 5) is 6.88. The van der Waals surface area contributed by atoms with Crippen LogP contribution in [0.5, 0.6) is 0 Å². The van der Waals surface area contributed by atoms with Crippen LogP contribution in [0.1, 0.15) is 18.5 Å². The molecule has 0 aromatic carbocycles. The molecular formula is C13H19N5. The van der Waals surface area contributed by atoms with E-state index in [0.29, 0.717) is 5.92 Å². The topological polar surface area (TPSA) is 59.5 Å². The average molecular weight is 245 g/mol. The van der Waals surface area contributed by atoms with Gasteiger partial charge in [-0.25, -0.2) is 9.50 Å². The van der Waals surface area contributed by atoms with Crippen LogP contribution in [-0.4, -0.2) is 34.2 Å². The number of piperidine rings is 1. The van der Waals surface area contributed by atoms with Gasteiger partial charge in [0.25, 0.3) is 0 Å². The van der Waals surface area contributed by atoms with E-state index in [-0.39, 0.29) is 0 Å². The maximum Gasteiger partial charge on any atom is 0.154 e. The van der Waals surface area contributed by atoms with E-state index in [9.17, 15) is 0 Å². The summed E-state index contributed by atoms with van der Waals surface area (Å²) in [6.45, 7) is 4.90. The van der Waals surface area contributed by atoms with Crippen LogP contribution in [0.25, 0.3) is 5.52 Å². The third-order valence-corrected chi connectivity index (χ3v) is 3.74. The fraction of sp³-hybridized carbons (Fsp3) is 0.538. The van der Waals surface area contributed by atoms with Gasteiger partial charge in [-0.1, -0.05) is 0 Å². The van der Waals surface area contributed by atoms with Gasteiger partial charge in [0, 0.05) is 25.5 Å². The van der Waals surface area contributed by atoms with Crippen LogP contribution in [0.4, 0.5) is 5.82 Å². The second-order valence-electron chi connectivity index (χ2n) is 5.03. The molecule has 2 aromatic rings. The average Bonchev–Trinajstić information content (AvgIpc) is 2.79. The van der Waals surface area contributed by atoms with E-state index >= 15 is 0 Å². The number of hydrogen-bond acceptors (Lipinski definition) is 4. The van der Waals surface area contributed by atoms with Gasteiger partial charge in [-0.2, -0.15) is 5.10 Å². The highest BCUT2D eigenvalue weighted by Crippen LogP contribution is 2.24. The first kappa shape index (κ1) is 11.5. The Morgan fingerprint density at radius 3 is 2.89 bits per heavy atom. The van der Waals surface area contributed by atoms with E-state index in [0.717, 1.165) is 49.5 Å². The molecule has 3 heterocycles. The minimum absolute atomic E-state index is 0.674. The summed E-state index contributed by atoms with van der Waals surface area (Å²) in [5.74, 6) is 1.72. The first-order chi connectivity index (χ1) is 8.78. The van der Waals surface area contributed by atoms with Gasteiger partial charge < -0.3 is 10.6 Å². The van der Waals surface area contributed by atoms with Crippen molar-refractivity contribution in [3.8, 4) is 0 Å². The summed E-state index contributed by atoms with van der Waals surface area (Å²) >= 11 is 0. The predicted molar refractivity (Wildman–Crippen MR) is 71.7 cm³/mol. The Morgan fingerprint density at radius 1 is 1.39 bits per heavy atom.